The van der Waals surface area contributed by atoms with Crippen molar-refractivity contribution in [1.29, 1.82) is 0 Å². The minimum atomic E-state index is -4.40. The van der Waals surface area contributed by atoms with Crippen LogP contribution in [-0.4, -0.2) is 38.3 Å². The van der Waals surface area contributed by atoms with Crippen LogP contribution in [0, 0.1) is 0 Å². The first-order valence-electron chi connectivity index (χ1n) is 7.18. The number of rotatable bonds is 12. The Balaban J connectivity index is 4.12. The molecule has 0 aromatic carbocycles. The molecule has 0 bridgehead atoms. The zero-order valence-corrected chi connectivity index (χ0v) is 13.8. The van der Waals surface area contributed by atoms with Crippen LogP contribution in [-0.2, 0) is 13.6 Å². The smallest absolute Gasteiger partial charge is 0.312 e. The second-order valence-electron chi connectivity index (χ2n) is 4.88. The molecular weight excluding hydrogens is 394 g/mol. The third-order valence-electron chi connectivity index (χ3n) is 2.40. The van der Waals surface area contributed by atoms with Crippen LogP contribution in [0.15, 0.2) is 0 Å². The maximum Gasteiger partial charge on any atom is 0.389 e. The van der Waals surface area contributed by atoms with Crippen molar-refractivity contribution in [3.63, 3.8) is 0 Å². The van der Waals surface area contributed by atoms with Gasteiger partial charge < -0.3 is 13.6 Å². The average molecular weight is 412 g/mol. The van der Waals surface area contributed by atoms with Crippen molar-refractivity contribution in [2.75, 3.05) is 19.8 Å². The summed E-state index contributed by atoms with van der Waals surface area (Å²) in [6, 6.07) is 0. The molecule has 0 rings (SSSR count). The summed E-state index contributed by atoms with van der Waals surface area (Å²) in [5.41, 5.74) is 0. The van der Waals surface area contributed by atoms with Gasteiger partial charge >= 0.3 is 27.1 Å². The molecule has 0 N–H and O–H groups in total. The van der Waals surface area contributed by atoms with Crippen molar-refractivity contribution < 1.29 is 53.1 Å². The molecule has 0 atom stereocenters. The fourth-order valence-corrected chi connectivity index (χ4v) is 2.41. The molecule has 0 unspecified atom stereocenters. The van der Waals surface area contributed by atoms with Gasteiger partial charge in [0.15, 0.2) is 0 Å². The highest BCUT2D eigenvalue weighted by molar-refractivity contribution is 7.41. The molecule has 0 radical (unpaired) electrons. The summed E-state index contributed by atoms with van der Waals surface area (Å²) in [6.07, 6.45) is -17.9. The van der Waals surface area contributed by atoms with Gasteiger partial charge in [0.1, 0.15) is 0 Å². The number of halogens is 9. The first kappa shape index (κ1) is 24.7. The predicted molar refractivity (Wildman–Crippen MR) is 70.6 cm³/mol. The zero-order valence-electron chi connectivity index (χ0n) is 12.9. The fraction of sp³-hybridized carbons (Fsp3) is 1.00. The molecule has 0 heterocycles. The second kappa shape index (κ2) is 11.4. The van der Waals surface area contributed by atoms with Crippen molar-refractivity contribution in [3.05, 3.63) is 0 Å². The molecular formula is C12H18F9O3P. The van der Waals surface area contributed by atoms with Crippen LogP contribution < -0.4 is 0 Å². The topological polar surface area (TPSA) is 27.7 Å². The van der Waals surface area contributed by atoms with Gasteiger partial charge in [0.25, 0.3) is 0 Å². The molecule has 0 saturated carbocycles. The van der Waals surface area contributed by atoms with Gasteiger partial charge in [-0.2, -0.15) is 39.5 Å². The molecule has 152 valence electrons. The maximum absolute atomic E-state index is 12.0. The highest BCUT2D eigenvalue weighted by Crippen LogP contribution is 2.41. The summed E-state index contributed by atoms with van der Waals surface area (Å²) < 4.78 is 122. The van der Waals surface area contributed by atoms with Crippen LogP contribution >= 0.6 is 8.60 Å². The molecule has 0 saturated heterocycles. The summed E-state index contributed by atoms with van der Waals surface area (Å²) in [5, 5.41) is 0. The van der Waals surface area contributed by atoms with E-state index in [9.17, 15) is 39.5 Å². The Morgan fingerprint density at radius 2 is 0.720 bits per heavy atom. The number of hydrogen-bond acceptors (Lipinski definition) is 3. The molecule has 0 fully saturated rings. The fourth-order valence-electron chi connectivity index (χ4n) is 1.35. The summed E-state index contributed by atoms with van der Waals surface area (Å²) in [5.74, 6) is 0. The van der Waals surface area contributed by atoms with Crippen LogP contribution in [0.25, 0.3) is 0 Å². The highest BCUT2D eigenvalue weighted by atomic mass is 31.2. The van der Waals surface area contributed by atoms with E-state index in [1.807, 2.05) is 0 Å². The summed E-state index contributed by atoms with van der Waals surface area (Å²) in [4.78, 5) is 0. The first-order valence-corrected chi connectivity index (χ1v) is 8.27. The third-order valence-corrected chi connectivity index (χ3v) is 3.58. The van der Waals surface area contributed by atoms with E-state index in [4.69, 9.17) is 13.6 Å². The van der Waals surface area contributed by atoms with Crippen molar-refractivity contribution in [3.8, 4) is 0 Å². The minimum absolute atomic E-state index is 0.430. The van der Waals surface area contributed by atoms with Gasteiger partial charge in [0.2, 0.25) is 0 Å². The molecule has 0 aliphatic carbocycles. The summed E-state index contributed by atoms with van der Waals surface area (Å²) in [7, 11) is -2.31. The van der Waals surface area contributed by atoms with Crippen LogP contribution in [0.3, 0.4) is 0 Å². The molecule has 0 amide bonds. The molecule has 0 aliphatic rings. The largest absolute Gasteiger partial charge is 0.389 e. The Kier molecular flexibility index (Phi) is 11.3. The third kappa shape index (κ3) is 19.8. The maximum atomic E-state index is 12.0. The van der Waals surface area contributed by atoms with Gasteiger partial charge in [0, 0.05) is 19.3 Å². The van der Waals surface area contributed by atoms with Crippen molar-refractivity contribution in [2.45, 2.75) is 57.1 Å². The van der Waals surface area contributed by atoms with E-state index in [2.05, 4.69) is 0 Å². The van der Waals surface area contributed by atoms with E-state index < -0.39 is 85.5 Å². The molecule has 13 heteroatoms. The van der Waals surface area contributed by atoms with E-state index in [-0.39, 0.29) is 0 Å². The van der Waals surface area contributed by atoms with Crippen LogP contribution in [0.4, 0.5) is 39.5 Å². The monoisotopic (exact) mass is 412 g/mol. The lowest BCUT2D eigenvalue weighted by atomic mass is 10.3. The Morgan fingerprint density at radius 3 is 0.920 bits per heavy atom. The molecule has 0 aliphatic heterocycles. The first-order chi connectivity index (χ1) is 11.3. The molecule has 25 heavy (non-hydrogen) atoms. The Labute approximate surface area is 139 Å². The van der Waals surface area contributed by atoms with Gasteiger partial charge in [-0.15, -0.1) is 0 Å². The van der Waals surface area contributed by atoms with Crippen molar-refractivity contribution >= 4 is 8.60 Å². The summed E-state index contributed by atoms with van der Waals surface area (Å²) in [6.45, 7) is -1.32. The van der Waals surface area contributed by atoms with Gasteiger partial charge in [-0.1, -0.05) is 0 Å². The van der Waals surface area contributed by atoms with Gasteiger partial charge in [0.05, 0.1) is 19.8 Å². The molecule has 0 spiro atoms. The highest BCUT2D eigenvalue weighted by Gasteiger charge is 2.29. The number of alkyl halides is 9. The van der Waals surface area contributed by atoms with E-state index in [1.165, 1.54) is 0 Å². The van der Waals surface area contributed by atoms with Crippen molar-refractivity contribution in [2.24, 2.45) is 0 Å². The Hall–Kier alpha value is -0.320. The lowest BCUT2D eigenvalue weighted by molar-refractivity contribution is -0.136. The van der Waals surface area contributed by atoms with Gasteiger partial charge in [-0.25, -0.2) is 0 Å². The Morgan fingerprint density at radius 1 is 0.480 bits per heavy atom. The zero-order chi connectivity index (χ0) is 19.6. The Bertz CT molecular complexity index is 292. The SMILES string of the molecule is FC(F)(F)CCCOP(OCCCC(F)(F)F)OCCCC(F)(F)F. The molecule has 0 aromatic rings. The minimum Gasteiger partial charge on any atom is -0.312 e. The van der Waals surface area contributed by atoms with E-state index in [1.54, 1.807) is 0 Å². The van der Waals surface area contributed by atoms with Gasteiger partial charge in [-0.05, 0) is 19.3 Å². The van der Waals surface area contributed by atoms with E-state index >= 15 is 0 Å². The van der Waals surface area contributed by atoms with Crippen LogP contribution in [0.1, 0.15) is 38.5 Å². The lowest BCUT2D eigenvalue weighted by Gasteiger charge is -2.17. The number of hydrogen-bond donors (Lipinski definition) is 0. The van der Waals surface area contributed by atoms with Gasteiger partial charge in [-0.3, -0.25) is 0 Å². The van der Waals surface area contributed by atoms with E-state index in [0.29, 0.717) is 0 Å². The molecule has 0 aromatic heterocycles. The quantitative estimate of drug-likeness (QED) is 0.214. The summed E-state index contributed by atoms with van der Waals surface area (Å²) >= 11 is 0. The molecule has 3 nitrogen and oxygen atoms in total. The predicted octanol–water partition coefficient (Wildman–Crippen LogP) is 6.29. The average Bonchev–Trinajstić information content (AvgIpc) is 2.40. The van der Waals surface area contributed by atoms with Crippen LogP contribution in [0.2, 0.25) is 0 Å². The lowest BCUT2D eigenvalue weighted by Crippen LogP contribution is -2.11. The van der Waals surface area contributed by atoms with Crippen molar-refractivity contribution in [1.82, 2.24) is 0 Å². The second-order valence-corrected chi connectivity index (χ2v) is 6.10. The normalized spacial score (nSPS) is 13.7. The van der Waals surface area contributed by atoms with Crippen LogP contribution in [0.5, 0.6) is 0 Å². The van der Waals surface area contributed by atoms with E-state index in [0.717, 1.165) is 0 Å². The standard InChI is InChI=1S/C12H18F9O3P/c13-10(14,15)4-1-7-22-25(23-8-2-5-11(16,17)18)24-9-3-6-12(19,20)21/h1-9H2.